The molecule has 0 aromatic heterocycles. The smallest absolute Gasteiger partial charge is 0.326 e. The Morgan fingerprint density at radius 2 is 1.36 bits per heavy atom. The van der Waals surface area contributed by atoms with Gasteiger partial charge in [0.1, 0.15) is 5.54 Å². The molecule has 202 valence electrons. The summed E-state index contributed by atoms with van der Waals surface area (Å²) < 4.78 is 21.1. The van der Waals surface area contributed by atoms with Crippen LogP contribution in [0.15, 0.2) is 18.2 Å². The summed E-state index contributed by atoms with van der Waals surface area (Å²) in [5.41, 5.74) is 4.81. The average molecular weight is 508 g/mol. The van der Waals surface area contributed by atoms with Crippen molar-refractivity contribution in [1.29, 1.82) is 0 Å². The first-order valence-corrected chi connectivity index (χ1v) is 12.1. The first-order chi connectivity index (χ1) is 16.5. The highest BCUT2D eigenvalue weighted by molar-refractivity contribution is 5.81. The lowest BCUT2D eigenvalue weighted by Crippen LogP contribution is -2.51. The lowest BCUT2D eigenvalue weighted by molar-refractivity contribution is -0.151. The zero-order valence-corrected chi connectivity index (χ0v) is 22.8. The van der Waals surface area contributed by atoms with Crippen LogP contribution in [0.5, 0.6) is 11.5 Å². The summed E-state index contributed by atoms with van der Waals surface area (Å²) >= 11 is 0. The number of ether oxygens (including phenoxy) is 4. The van der Waals surface area contributed by atoms with Gasteiger partial charge in [-0.15, -0.1) is 0 Å². The van der Waals surface area contributed by atoms with E-state index in [4.69, 9.17) is 24.7 Å². The van der Waals surface area contributed by atoms with E-state index >= 15 is 0 Å². The van der Waals surface area contributed by atoms with E-state index in [9.17, 15) is 19.2 Å². The Balaban J connectivity index is 3.26. The highest BCUT2D eigenvalue weighted by Crippen LogP contribution is 2.33. The Morgan fingerprint density at radius 3 is 1.83 bits per heavy atom. The quantitative estimate of drug-likeness (QED) is 0.347. The maximum Gasteiger partial charge on any atom is 0.326 e. The molecule has 0 unspecified atom stereocenters. The highest BCUT2D eigenvalue weighted by atomic mass is 16.6. The first kappa shape index (κ1) is 31.1. The van der Waals surface area contributed by atoms with E-state index in [0.717, 1.165) is 0 Å². The van der Waals surface area contributed by atoms with Crippen LogP contribution in [0.25, 0.3) is 0 Å². The van der Waals surface area contributed by atoms with Crippen LogP contribution < -0.4 is 15.2 Å². The molecule has 1 aromatic rings. The molecule has 1 atom stereocenters. The average Bonchev–Trinajstić information content (AvgIpc) is 2.72. The minimum absolute atomic E-state index is 0.00336. The number of hydrogen-bond donors (Lipinski definition) is 1. The molecule has 0 saturated heterocycles. The molecule has 0 saturated carbocycles. The number of carbonyl (C=O) groups is 4. The predicted octanol–water partition coefficient (Wildman–Crippen LogP) is 4.13. The van der Waals surface area contributed by atoms with Crippen LogP contribution in [0.2, 0.25) is 0 Å². The summed E-state index contributed by atoms with van der Waals surface area (Å²) in [5.74, 6) is -1.91. The van der Waals surface area contributed by atoms with Gasteiger partial charge >= 0.3 is 23.9 Å². The second-order valence-electron chi connectivity index (χ2n) is 11.4. The van der Waals surface area contributed by atoms with Crippen LogP contribution in [-0.2, 0) is 35.1 Å². The molecule has 0 aliphatic heterocycles. The lowest BCUT2D eigenvalue weighted by atomic mass is 9.88. The molecule has 0 bridgehead atoms. The van der Waals surface area contributed by atoms with Crippen molar-refractivity contribution in [3.8, 4) is 11.5 Å². The standard InChI is InChI=1S/C27H41NO8/c1-9-21(29)34-13-12-27(28,24(32)33-8)15-18-10-11-19(35-22(30)16-25(2,3)4)20(14-18)36-23(31)17-26(5,6)7/h10-11,14H,9,12-13,15-17,28H2,1-8H3/t27-/m1/s1. The third-order valence-corrected chi connectivity index (χ3v) is 5.02. The number of methoxy groups -OCH3 is 1. The summed E-state index contributed by atoms with van der Waals surface area (Å²) in [4.78, 5) is 49.0. The van der Waals surface area contributed by atoms with Crippen molar-refractivity contribution >= 4 is 23.9 Å². The van der Waals surface area contributed by atoms with Gasteiger partial charge in [-0.1, -0.05) is 54.5 Å². The van der Waals surface area contributed by atoms with Gasteiger partial charge in [0.2, 0.25) is 0 Å². The molecule has 0 heterocycles. The zero-order chi connectivity index (χ0) is 27.7. The fourth-order valence-corrected chi connectivity index (χ4v) is 3.29. The first-order valence-electron chi connectivity index (χ1n) is 12.1. The molecule has 2 N–H and O–H groups in total. The number of carbonyl (C=O) groups excluding carboxylic acids is 4. The number of hydrogen-bond acceptors (Lipinski definition) is 9. The summed E-state index contributed by atoms with van der Waals surface area (Å²) in [6, 6.07) is 4.65. The van der Waals surface area contributed by atoms with Crippen molar-refractivity contribution in [2.45, 2.75) is 86.1 Å². The molecule has 0 fully saturated rings. The van der Waals surface area contributed by atoms with E-state index in [2.05, 4.69) is 0 Å². The zero-order valence-electron chi connectivity index (χ0n) is 22.8. The second kappa shape index (κ2) is 12.9. The van der Waals surface area contributed by atoms with E-state index in [-0.39, 0.29) is 61.0 Å². The molecule has 0 spiro atoms. The summed E-state index contributed by atoms with van der Waals surface area (Å²) in [6.45, 7) is 13.0. The molecule has 1 rings (SSSR count). The minimum Gasteiger partial charge on any atom is -0.468 e. The third-order valence-electron chi connectivity index (χ3n) is 5.02. The van der Waals surface area contributed by atoms with Gasteiger partial charge in [-0.2, -0.15) is 0 Å². The monoisotopic (exact) mass is 507 g/mol. The van der Waals surface area contributed by atoms with Crippen molar-refractivity contribution in [3.63, 3.8) is 0 Å². The Labute approximate surface area is 214 Å². The molecule has 0 radical (unpaired) electrons. The van der Waals surface area contributed by atoms with E-state index in [1.807, 2.05) is 41.5 Å². The van der Waals surface area contributed by atoms with Crippen molar-refractivity contribution in [2.75, 3.05) is 13.7 Å². The summed E-state index contributed by atoms with van der Waals surface area (Å²) in [6.07, 6.45) is 0.526. The van der Waals surface area contributed by atoms with Crippen LogP contribution in [-0.4, -0.2) is 43.1 Å². The number of nitrogens with two attached hydrogens (primary N) is 1. The van der Waals surface area contributed by atoms with E-state index in [1.54, 1.807) is 13.0 Å². The van der Waals surface area contributed by atoms with Gasteiger partial charge in [0.25, 0.3) is 0 Å². The SMILES string of the molecule is CCC(=O)OCC[C@@](N)(Cc1ccc(OC(=O)CC(C)(C)C)c(OC(=O)CC(C)(C)C)c1)C(=O)OC. The molecule has 0 aliphatic carbocycles. The van der Waals surface area contributed by atoms with Gasteiger partial charge in [-0.05, 0) is 28.5 Å². The van der Waals surface area contributed by atoms with Crippen LogP contribution in [0.1, 0.15) is 79.7 Å². The largest absolute Gasteiger partial charge is 0.468 e. The van der Waals surface area contributed by atoms with Gasteiger partial charge in [0.05, 0.1) is 26.6 Å². The Morgan fingerprint density at radius 1 is 0.833 bits per heavy atom. The van der Waals surface area contributed by atoms with Crippen molar-refractivity contribution in [1.82, 2.24) is 0 Å². The summed E-state index contributed by atoms with van der Waals surface area (Å²) in [5, 5.41) is 0. The van der Waals surface area contributed by atoms with Gasteiger partial charge in [0, 0.05) is 19.3 Å². The number of benzene rings is 1. The van der Waals surface area contributed by atoms with Gasteiger partial charge in [-0.3, -0.25) is 19.2 Å². The fraction of sp³-hybridized carbons (Fsp3) is 0.630. The van der Waals surface area contributed by atoms with Crippen LogP contribution in [0.4, 0.5) is 0 Å². The third kappa shape index (κ3) is 11.2. The number of esters is 4. The lowest BCUT2D eigenvalue weighted by Gasteiger charge is -2.27. The molecule has 9 heteroatoms. The molecule has 36 heavy (non-hydrogen) atoms. The van der Waals surface area contributed by atoms with Crippen molar-refractivity contribution < 1.29 is 38.1 Å². The van der Waals surface area contributed by atoms with Crippen LogP contribution in [0, 0.1) is 10.8 Å². The number of rotatable bonds is 11. The Bertz CT molecular complexity index is 942. The maximum absolute atomic E-state index is 12.6. The molecular formula is C27H41NO8. The van der Waals surface area contributed by atoms with Crippen LogP contribution >= 0.6 is 0 Å². The minimum atomic E-state index is -1.50. The molecule has 9 nitrogen and oxygen atoms in total. The summed E-state index contributed by atoms with van der Waals surface area (Å²) in [7, 11) is 1.22. The Kier molecular flexibility index (Phi) is 11.1. The van der Waals surface area contributed by atoms with Crippen molar-refractivity contribution in [3.05, 3.63) is 23.8 Å². The van der Waals surface area contributed by atoms with Crippen molar-refractivity contribution in [2.24, 2.45) is 16.6 Å². The predicted molar refractivity (Wildman–Crippen MR) is 134 cm³/mol. The topological polar surface area (TPSA) is 131 Å². The van der Waals surface area contributed by atoms with Gasteiger partial charge in [0.15, 0.2) is 11.5 Å². The molecule has 1 aromatic carbocycles. The molecule has 0 amide bonds. The van der Waals surface area contributed by atoms with Gasteiger partial charge < -0.3 is 24.7 Å². The second-order valence-corrected chi connectivity index (χ2v) is 11.4. The van der Waals surface area contributed by atoms with E-state index in [1.165, 1.54) is 19.2 Å². The van der Waals surface area contributed by atoms with E-state index < -0.39 is 29.4 Å². The molecular weight excluding hydrogens is 466 g/mol. The van der Waals surface area contributed by atoms with Gasteiger partial charge in [-0.25, -0.2) is 0 Å². The highest BCUT2D eigenvalue weighted by Gasteiger charge is 2.36. The van der Waals surface area contributed by atoms with E-state index in [0.29, 0.717) is 5.56 Å². The normalized spacial score (nSPS) is 13.4. The fourth-order valence-electron chi connectivity index (χ4n) is 3.29. The Hall–Kier alpha value is -2.94. The maximum atomic E-state index is 12.6. The molecule has 0 aliphatic rings. The van der Waals surface area contributed by atoms with Crippen LogP contribution in [0.3, 0.4) is 0 Å².